The van der Waals surface area contributed by atoms with Gasteiger partial charge < -0.3 is 15.4 Å². The molecule has 1 amide bonds. The number of carbonyl (C=O) groups excluding carboxylic acids is 1. The lowest BCUT2D eigenvalue weighted by Gasteiger charge is -2.21. The molecule has 3 N–H and O–H groups in total. The first kappa shape index (κ1) is 14.3. The van der Waals surface area contributed by atoms with Crippen LogP contribution in [-0.2, 0) is 6.42 Å². The van der Waals surface area contributed by atoms with Gasteiger partial charge in [0.1, 0.15) is 5.69 Å². The van der Waals surface area contributed by atoms with E-state index in [4.69, 9.17) is 5.73 Å². The van der Waals surface area contributed by atoms with Crippen molar-refractivity contribution in [3.8, 4) is 0 Å². The van der Waals surface area contributed by atoms with E-state index in [0.29, 0.717) is 0 Å². The van der Waals surface area contributed by atoms with Gasteiger partial charge in [0.2, 0.25) is 0 Å². The van der Waals surface area contributed by atoms with Crippen LogP contribution in [0, 0.1) is 0 Å². The summed E-state index contributed by atoms with van der Waals surface area (Å²) in [6, 6.07) is 9.95. The maximum atomic E-state index is 11.1. The Hall–Kier alpha value is -2.14. The van der Waals surface area contributed by atoms with Crippen LogP contribution in [0.15, 0.2) is 42.9 Å². The van der Waals surface area contributed by atoms with E-state index in [9.17, 15) is 9.90 Å². The van der Waals surface area contributed by atoms with E-state index in [0.717, 1.165) is 12.8 Å². The second-order valence-electron chi connectivity index (χ2n) is 4.90. The Morgan fingerprint density at radius 1 is 1.40 bits per heavy atom. The summed E-state index contributed by atoms with van der Waals surface area (Å²) in [5.74, 6) is -0.559. The van der Waals surface area contributed by atoms with E-state index < -0.39 is 12.0 Å². The summed E-state index contributed by atoms with van der Waals surface area (Å²) in [7, 11) is 0. The number of hydrogen-bond donors (Lipinski definition) is 2. The van der Waals surface area contributed by atoms with Crippen molar-refractivity contribution in [2.45, 2.75) is 31.9 Å². The Morgan fingerprint density at radius 2 is 2.10 bits per heavy atom. The Kier molecular flexibility index (Phi) is 4.53. The highest BCUT2D eigenvalue weighted by molar-refractivity contribution is 5.90. The molecule has 0 aliphatic carbocycles. The van der Waals surface area contributed by atoms with Gasteiger partial charge >= 0.3 is 0 Å². The van der Waals surface area contributed by atoms with Crippen molar-refractivity contribution in [2.75, 3.05) is 0 Å². The van der Waals surface area contributed by atoms with Crippen molar-refractivity contribution in [3.63, 3.8) is 0 Å². The predicted molar refractivity (Wildman–Crippen MR) is 76.2 cm³/mol. The van der Waals surface area contributed by atoms with Gasteiger partial charge in [0.15, 0.2) is 0 Å². The van der Waals surface area contributed by atoms with Crippen molar-refractivity contribution >= 4 is 5.91 Å². The molecule has 2 aromatic rings. The molecule has 20 heavy (non-hydrogen) atoms. The number of carbonyl (C=O) groups is 1. The molecule has 5 nitrogen and oxygen atoms in total. The maximum absolute atomic E-state index is 11.1. The molecule has 0 bridgehead atoms. The molecule has 0 aliphatic rings. The van der Waals surface area contributed by atoms with Gasteiger partial charge in [-0.2, -0.15) is 0 Å². The molecule has 0 fully saturated rings. The number of aromatic nitrogens is 2. The quantitative estimate of drug-likeness (QED) is 0.837. The van der Waals surface area contributed by atoms with E-state index in [1.54, 1.807) is 24.0 Å². The van der Waals surface area contributed by atoms with Gasteiger partial charge in [-0.15, -0.1) is 0 Å². The molecule has 0 saturated heterocycles. The number of rotatable bonds is 6. The number of aryl methyl sites for hydroxylation is 1. The summed E-state index contributed by atoms with van der Waals surface area (Å²) in [5, 5.41) is 9.93. The second-order valence-corrected chi connectivity index (χ2v) is 4.90. The molecule has 5 heteroatoms. The highest BCUT2D eigenvalue weighted by atomic mass is 16.3. The summed E-state index contributed by atoms with van der Waals surface area (Å²) >= 11 is 0. The number of imidazole rings is 1. The van der Waals surface area contributed by atoms with Crippen molar-refractivity contribution in [2.24, 2.45) is 5.73 Å². The van der Waals surface area contributed by atoms with Crippen LogP contribution in [-0.4, -0.2) is 26.7 Å². The average Bonchev–Trinajstić information content (AvgIpc) is 2.89. The summed E-state index contributed by atoms with van der Waals surface area (Å²) in [6.07, 6.45) is 4.21. The minimum Gasteiger partial charge on any atom is -0.391 e. The molecular formula is C15H19N3O2. The zero-order valence-corrected chi connectivity index (χ0v) is 11.4. The second kappa shape index (κ2) is 6.34. The third-order valence-electron chi connectivity index (χ3n) is 3.37. The summed E-state index contributed by atoms with van der Waals surface area (Å²) in [4.78, 5) is 15.0. The Morgan fingerprint density at radius 3 is 2.65 bits per heavy atom. The first-order chi connectivity index (χ1) is 9.58. The van der Waals surface area contributed by atoms with Gasteiger partial charge in [-0.3, -0.25) is 4.79 Å². The van der Waals surface area contributed by atoms with Gasteiger partial charge in [0, 0.05) is 6.20 Å². The van der Waals surface area contributed by atoms with Crippen LogP contribution < -0.4 is 5.73 Å². The largest absolute Gasteiger partial charge is 0.391 e. The lowest BCUT2D eigenvalue weighted by atomic mass is 10.0. The summed E-state index contributed by atoms with van der Waals surface area (Å²) < 4.78 is 1.76. The standard InChI is InChI=1S/C15H19N3O2/c1-11(19)14(8-7-12-5-3-2-4-6-12)18-9-13(15(16)20)17-10-18/h2-6,9-11,14,19H,7-8H2,1H3,(H2,16,20)/t11-,14?/m0/s1. The van der Waals surface area contributed by atoms with Gasteiger partial charge in [-0.1, -0.05) is 30.3 Å². The Labute approximate surface area is 118 Å². The van der Waals surface area contributed by atoms with E-state index >= 15 is 0 Å². The molecule has 1 unspecified atom stereocenters. The number of hydrogen-bond acceptors (Lipinski definition) is 3. The zero-order chi connectivity index (χ0) is 14.5. The molecule has 106 valence electrons. The normalized spacial score (nSPS) is 13.9. The van der Waals surface area contributed by atoms with Crippen molar-refractivity contribution in [1.82, 2.24) is 9.55 Å². The van der Waals surface area contributed by atoms with Crippen LogP contribution >= 0.6 is 0 Å². The minimum atomic E-state index is -0.559. The smallest absolute Gasteiger partial charge is 0.268 e. The van der Waals surface area contributed by atoms with Crippen molar-refractivity contribution in [1.29, 1.82) is 0 Å². The number of primary amides is 1. The van der Waals surface area contributed by atoms with E-state index in [-0.39, 0.29) is 11.7 Å². The molecule has 2 rings (SSSR count). The van der Waals surface area contributed by atoms with Gasteiger partial charge in [-0.25, -0.2) is 4.98 Å². The van der Waals surface area contributed by atoms with E-state index in [1.165, 1.54) is 5.56 Å². The number of aliphatic hydroxyl groups is 1. The van der Waals surface area contributed by atoms with Crippen molar-refractivity contribution < 1.29 is 9.90 Å². The third-order valence-corrected chi connectivity index (χ3v) is 3.37. The number of nitrogens with zero attached hydrogens (tertiary/aromatic N) is 2. The predicted octanol–water partition coefficient (Wildman–Crippen LogP) is 1.54. The Balaban J connectivity index is 2.08. The van der Waals surface area contributed by atoms with Crippen LogP contribution in [0.5, 0.6) is 0 Å². The van der Waals surface area contributed by atoms with Gasteiger partial charge in [-0.05, 0) is 25.3 Å². The molecule has 2 atom stereocenters. The first-order valence-corrected chi connectivity index (χ1v) is 6.63. The summed E-state index contributed by atoms with van der Waals surface area (Å²) in [6.45, 7) is 1.74. The van der Waals surface area contributed by atoms with Gasteiger partial charge in [0.25, 0.3) is 5.91 Å². The molecule has 0 aliphatic heterocycles. The fourth-order valence-corrected chi connectivity index (χ4v) is 2.24. The molecular weight excluding hydrogens is 254 g/mol. The highest BCUT2D eigenvalue weighted by Gasteiger charge is 2.18. The number of nitrogens with two attached hydrogens (primary N) is 1. The molecule has 0 saturated carbocycles. The van der Waals surface area contributed by atoms with Crippen LogP contribution in [0.2, 0.25) is 0 Å². The topological polar surface area (TPSA) is 81.1 Å². The number of amides is 1. The molecule has 1 heterocycles. The van der Waals surface area contributed by atoms with E-state index in [2.05, 4.69) is 17.1 Å². The fraction of sp³-hybridized carbons (Fsp3) is 0.333. The number of benzene rings is 1. The van der Waals surface area contributed by atoms with Gasteiger partial charge in [0.05, 0.1) is 18.5 Å². The Bertz CT molecular complexity index is 564. The lowest BCUT2D eigenvalue weighted by Crippen LogP contribution is -2.21. The van der Waals surface area contributed by atoms with E-state index in [1.807, 2.05) is 18.2 Å². The van der Waals surface area contributed by atoms with Crippen molar-refractivity contribution in [3.05, 3.63) is 54.1 Å². The lowest BCUT2D eigenvalue weighted by molar-refractivity contribution is 0.0994. The molecule has 1 aromatic carbocycles. The molecule has 0 radical (unpaired) electrons. The molecule has 1 aromatic heterocycles. The molecule has 0 spiro atoms. The zero-order valence-electron chi connectivity index (χ0n) is 11.4. The third kappa shape index (κ3) is 3.45. The average molecular weight is 273 g/mol. The van der Waals surface area contributed by atoms with Crippen LogP contribution in [0.1, 0.15) is 35.4 Å². The monoisotopic (exact) mass is 273 g/mol. The maximum Gasteiger partial charge on any atom is 0.268 e. The highest BCUT2D eigenvalue weighted by Crippen LogP contribution is 2.19. The summed E-state index contributed by atoms with van der Waals surface area (Å²) in [5.41, 5.74) is 6.63. The SMILES string of the molecule is C[C@H](O)C(CCc1ccccc1)n1cnc(C(N)=O)c1. The minimum absolute atomic E-state index is 0.129. The fourth-order valence-electron chi connectivity index (χ4n) is 2.24. The van der Waals surface area contributed by atoms with Crippen LogP contribution in [0.3, 0.4) is 0 Å². The number of aliphatic hydroxyl groups excluding tert-OH is 1. The van der Waals surface area contributed by atoms with Crippen LogP contribution in [0.4, 0.5) is 0 Å². The van der Waals surface area contributed by atoms with Crippen LogP contribution in [0.25, 0.3) is 0 Å². The first-order valence-electron chi connectivity index (χ1n) is 6.63.